The molecule has 1 rings (SSSR count). The average Bonchev–Trinajstić information content (AvgIpc) is 2.56. The SMILES string of the molecule is CCC(=O)N/N=C(/C)c1cccc(/C(C)=N\NC(=O)CC)n1. The Morgan fingerprint density at radius 2 is 1.36 bits per heavy atom. The average molecular weight is 303 g/mol. The van der Waals surface area contributed by atoms with Crippen molar-refractivity contribution in [1.29, 1.82) is 0 Å². The number of nitrogens with zero attached hydrogens (tertiary/aromatic N) is 3. The largest absolute Gasteiger partial charge is 0.273 e. The fourth-order valence-electron chi connectivity index (χ4n) is 1.40. The highest BCUT2D eigenvalue weighted by molar-refractivity contribution is 6.01. The fraction of sp³-hybridized carbons (Fsp3) is 0.400. The van der Waals surface area contributed by atoms with E-state index in [1.807, 2.05) is 6.07 Å². The molecule has 0 aliphatic rings. The lowest BCUT2D eigenvalue weighted by molar-refractivity contribution is -0.121. The summed E-state index contributed by atoms with van der Waals surface area (Å²) >= 11 is 0. The fourth-order valence-corrected chi connectivity index (χ4v) is 1.40. The van der Waals surface area contributed by atoms with Crippen LogP contribution in [0.3, 0.4) is 0 Å². The van der Waals surface area contributed by atoms with Crippen molar-refractivity contribution in [2.75, 3.05) is 0 Å². The van der Waals surface area contributed by atoms with Crippen LogP contribution in [0.5, 0.6) is 0 Å². The molecule has 118 valence electrons. The molecule has 0 saturated carbocycles. The van der Waals surface area contributed by atoms with Gasteiger partial charge in [-0.2, -0.15) is 10.2 Å². The van der Waals surface area contributed by atoms with Gasteiger partial charge < -0.3 is 0 Å². The van der Waals surface area contributed by atoms with Gasteiger partial charge in [0.2, 0.25) is 11.8 Å². The quantitative estimate of drug-likeness (QED) is 0.617. The summed E-state index contributed by atoms with van der Waals surface area (Å²) in [6, 6.07) is 5.40. The van der Waals surface area contributed by atoms with Gasteiger partial charge in [0.15, 0.2) is 0 Å². The molecule has 0 aliphatic carbocycles. The van der Waals surface area contributed by atoms with E-state index >= 15 is 0 Å². The van der Waals surface area contributed by atoms with Crippen molar-refractivity contribution in [3.8, 4) is 0 Å². The standard InChI is InChI=1S/C15H21N5O2/c1-5-14(21)19-17-10(3)12-8-7-9-13(16-12)11(4)18-20-15(22)6-2/h7-9H,5-6H2,1-4H3,(H,19,21)(H,20,22)/b17-10-,18-11-. The van der Waals surface area contributed by atoms with Crippen molar-refractivity contribution in [2.45, 2.75) is 40.5 Å². The number of pyridine rings is 1. The van der Waals surface area contributed by atoms with E-state index in [0.717, 1.165) is 0 Å². The second-order valence-corrected chi connectivity index (χ2v) is 4.58. The second kappa shape index (κ2) is 8.66. The molecule has 0 radical (unpaired) electrons. The maximum absolute atomic E-state index is 11.2. The first-order valence-electron chi connectivity index (χ1n) is 7.12. The van der Waals surface area contributed by atoms with Crippen LogP contribution in [0.2, 0.25) is 0 Å². The summed E-state index contributed by atoms with van der Waals surface area (Å²) in [4.78, 5) is 26.8. The summed E-state index contributed by atoms with van der Waals surface area (Å²) in [5.74, 6) is -0.314. The molecule has 2 N–H and O–H groups in total. The summed E-state index contributed by atoms with van der Waals surface area (Å²) in [5.41, 5.74) is 7.34. The Morgan fingerprint density at radius 1 is 0.955 bits per heavy atom. The number of aromatic nitrogens is 1. The second-order valence-electron chi connectivity index (χ2n) is 4.58. The van der Waals surface area contributed by atoms with Crippen LogP contribution in [0.4, 0.5) is 0 Å². The zero-order valence-corrected chi connectivity index (χ0v) is 13.3. The summed E-state index contributed by atoms with van der Waals surface area (Å²) in [6.45, 7) is 7.02. The van der Waals surface area contributed by atoms with Gasteiger partial charge in [0, 0.05) is 12.8 Å². The molecule has 1 heterocycles. The van der Waals surface area contributed by atoms with Crippen LogP contribution in [0.1, 0.15) is 51.9 Å². The Balaban J connectivity index is 2.89. The van der Waals surface area contributed by atoms with Crippen molar-refractivity contribution < 1.29 is 9.59 Å². The Kier molecular flexibility index (Phi) is 6.88. The van der Waals surface area contributed by atoms with E-state index in [1.54, 1.807) is 39.8 Å². The van der Waals surface area contributed by atoms with E-state index in [0.29, 0.717) is 35.7 Å². The van der Waals surface area contributed by atoms with Crippen LogP contribution < -0.4 is 10.9 Å². The Bertz CT molecular complexity index is 558. The van der Waals surface area contributed by atoms with Crippen molar-refractivity contribution in [1.82, 2.24) is 15.8 Å². The van der Waals surface area contributed by atoms with Crippen LogP contribution in [-0.2, 0) is 9.59 Å². The lowest BCUT2D eigenvalue weighted by Gasteiger charge is -2.05. The van der Waals surface area contributed by atoms with Crippen LogP contribution in [-0.4, -0.2) is 28.2 Å². The minimum atomic E-state index is -0.157. The topological polar surface area (TPSA) is 95.8 Å². The van der Waals surface area contributed by atoms with E-state index in [9.17, 15) is 9.59 Å². The van der Waals surface area contributed by atoms with Crippen molar-refractivity contribution in [2.24, 2.45) is 10.2 Å². The highest BCUT2D eigenvalue weighted by atomic mass is 16.2. The monoisotopic (exact) mass is 303 g/mol. The van der Waals surface area contributed by atoms with E-state index in [-0.39, 0.29) is 11.8 Å². The molecule has 0 fully saturated rings. The number of hydrogen-bond acceptors (Lipinski definition) is 5. The van der Waals surface area contributed by atoms with Gasteiger partial charge in [0.25, 0.3) is 0 Å². The summed E-state index contributed by atoms with van der Waals surface area (Å²) in [5, 5.41) is 8.00. The molecule has 0 aromatic carbocycles. The van der Waals surface area contributed by atoms with Crippen LogP contribution in [0, 0.1) is 0 Å². The molecule has 0 atom stereocenters. The predicted molar refractivity (Wildman–Crippen MR) is 85.5 cm³/mol. The molecule has 7 heteroatoms. The highest BCUT2D eigenvalue weighted by Crippen LogP contribution is 2.03. The Hall–Kier alpha value is -2.57. The smallest absolute Gasteiger partial charge is 0.239 e. The highest BCUT2D eigenvalue weighted by Gasteiger charge is 2.05. The van der Waals surface area contributed by atoms with Crippen LogP contribution in [0.15, 0.2) is 28.4 Å². The van der Waals surface area contributed by atoms with Crippen molar-refractivity contribution >= 4 is 23.2 Å². The van der Waals surface area contributed by atoms with Gasteiger partial charge in [0.1, 0.15) is 0 Å². The first-order chi connectivity index (χ1) is 10.5. The minimum absolute atomic E-state index is 0.157. The maximum Gasteiger partial charge on any atom is 0.239 e. The molecule has 2 amide bonds. The number of rotatable bonds is 6. The van der Waals surface area contributed by atoms with Crippen molar-refractivity contribution in [3.05, 3.63) is 29.6 Å². The van der Waals surface area contributed by atoms with E-state index in [1.165, 1.54) is 0 Å². The van der Waals surface area contributed by atoms with E-state index in [4.69, 9.17) is 0 Å². The van der Waals surface area contributed by atoms with Crippen LogP contribution in [0.25, 0.3) is 0 Å². The lowest BCUT2D eigenvalue weighted by atomic mass is 10.2. The molecule has 0 bridgehead atoms. The first kappa shape index (κ1) is 17.5. The number of amides is 2. The van der Waals surface area contributed by atoms with Gasteiger partial charge in [-0.3, -0.25) is 9.59 Å². The number of hydrogen-bond donors (Lipinski definition) is 2. The third-order valence-corrected chi connectivity index (χ3v) is 2.83. The van der Waals surface area contributed by atoms with Crippen molar-refractivity contribution in [3.63, 3.8) is 0 Å². The number of hydrazone groups is 2. The Morgan fingerprint density at radius 3 is 1.73 bits per heavy atom. The summed E-state index contributed by atoms with van der Waals surface area (Å²) < 4.78 is 0. The summed E-state index contributed by atoms with van der Waals surface area (Å²) in [7, 11) is 0. The van der Waals surface area contributed by atoms with Gasteiger partial charge in [-0.1, -0.05) is 19.9 Å². The third kappa shape index (κ3) is 5.43. The third-order valence-electron chi connectivity index (χ3n) is 2.83. The zero-order valence-electron chi connectivity index (χ0n) is 13.3. The summed E-state index contributed by atoms with van der Waals surface area (Å²) in [6.07, 6.45) is 0.736. The van der Waals surface area contributed by atoms with Gasteiger partial charge in [-0.05, 0) is 26.0 Å². The molecule has 7 nitrogen and oxygen atoms in total. The molecule has 0 unspecified atom stereocenters. The number of nitrogens with one attached hydrogen (secondary N) is 2. The molecule has 0 spiro atoms. The van der Waals surface area contributed by atoms with Gasteiger partial charge in [0.05, 0.1) is 22.8 Å². The normalized spacial score (nSPS) is 12.0. The molecular weight excluding hydrogens is 282 g/mol. The minimum Gasteiger partial charge on any atom is -0.273 e. The molecule has 1 aromatic heterocycles. The predicted octanol–water partition coefficient (Wildman–Crippen LogP) is 1.58. The van der Waals surface area contributed by atoms with E-state index < -0.39 is 0 Å². The van der Waals surface area contributed by atoms with Gasteiger partial charge in [-0.25, -0.2) is 15.8 Å². The van der Waals surface area contributed by atoms with E-state index in [2.05, 4.69) is 26.0 Å². The van der Waals surface area contributed by atoms with Gasteiger partial charge in [-0.15, -0.1) is 0 Å². The molecule has 1 aromatic rings. The maximum atomic E-state index is 11.2. The molecule has 22 heavy (non-hydrogen) atoms. The number of carbonyl (C=O) groups is 2. The number of carbonyl (C=O) groups excluding carboxylic acids is 2. The lowest BCUT2D eigenvalue weighted by Crippen LogP contribution is -2.19. The molecular formula is C15H21N5O2. The molecule has 0 aliphatic heterocycles. The molecule has 0 saturated heterocycles. The van der Waals surface area contributed by atoms with Crippen LogP contribution >= 0.6 is 0 Å². The zero-order chi connectivity index (χ0) is 16.5. The Labute approximate surface area is 129 Å². The van der Waals surface area contributed by atoms with Gasteiger partial charge >= 0.3 is 0 Å². The first-order valence-corrected chi connectivity index (χ1v) is 7.12.